The molecule has 0 spiro atoms. The lowest BCUT2D eigenvalue weighted by atomic mass is 10.0. The number of benzene rings is 2. The van der Waals surface area contributed by atoms with Gasteiger partial charge in [0.2, 0.25) is 5.91 Å². The number of carbonyl (C=O) groups is 1. The Kier molecular flexibility index (Phi) is 4.94. The Morgan fingerprint density at radius 1 is 1.12 bits per heavy atom. The first-order valence-corrected chi connectivity index (χ1v) is 7.88. The van der Waals surface area contributed by atoms with Crippen LogP contribution in [0.25, 0.3) is 22.2 Å². The fourth-order valence-electron chi connectivity index (χ4n) is 2.86. The van der Waals surface area contributed by atoms with Crippen LogP contribution >= 0.6 is 0 Å². The maximum absolute atomic E-state index is 14.1. The van der Waals surface area contributed by atoms with Crippen LogP contribution in [0, 0.1) is 28.8 Å². The first-order chi connectivity index (χ1) is 12.5. The minimum absolute atomic E-state index is 0.143. The van der Waals surface area contributed by atoms with Crippen molar-refractivity contribution in [3.63, 3.8) is 0 Å². The lowest BCUT2D eigenvalue weighted by Gasteiger charge is -2.07. The van der Waals surface area contributed by atoms with Crippen molar-refractivity contribution < 1.29 is 18.0 Å². The molecule has 1 amide bonds. The number of nitrogens with zero attached hydrogens (tertiary/aromatic N) is 1. The third-order valence-corrected chi connectivity index (χ3v) is 4.00. The van der Waals surface area contributed by atoms with E-state index >= 15 is 0 Å². The lowest BCUT2D eigenvalue weighted by Crippen LogP contribution is -2.24. The summed E-state index contributed by atoms with van der Waals surface area (Å²) >= 11 is 0. The highest BCUT2D eigenvalue weighted by molar-refractivity contribution is 5.91. The number of nitrogens with one attached hydrogen (secondary N) is 2. The second kappa shape index (κ2) is 7.31. The summed E-state index contributed by atoms with van der Waals surface area (Å²) in [6, 6.07) is 9.36. The van der Waals surface area contributed by atoms with Gasteiger partial charge < -0.3 is 10.3 Å². The van der Waals surface area contributed by atoms with E-state index in [1.165, 1.54) is 30.3 Å². The molecule has 0 aliphatic carbocycles. The molecular formula is C19H14F3N3O. The van der Waals surface area contributed by atoms with Crippen molar-refractivity contribution >= 4 is 16.8 Å². The number of carbonyl (C=O) groups excluding carboxylic acids is 1. The summed E-state index contributed by atoms with van der Waals surface area (Å²) in [5, 5.41) is 11.4. The molecule has 0 atom stereocenters. The average Bonchev–Trinajstić information content (AvgIpc) is 2.95. The number of nitriles is 1. The molecule has 0 fully saturated rings. The summed E-state index contributed by atoms with van der Waals surface area (Å²) in [5.74, 6) is -2.28. The normalized spacial score (nSPS) is 10.7. The minimum Gasteiger partial charge on any atom is -0.355 e. The Balaban J connectivity index is 2.02. The third-order valence-electron chi connectivity index (χ3n) is 4.00. The highest BCUT2D eigenvalue weighted by Crippen LogP contribution is 2.32. The number of hydrogen-bond acceptors (Lipinski definition) is 2. The van der Waals surface area contributed by atoms with Gasteiger partial charge in [0.25, 0.3) is 0 Å². The van der Waals surface area contributed by atoms with Gasteiger partial charge in [-0.3, -0.25) is 4.79 Å². The van der Waals surface area contributed by atoms with E-state index in [-0.39, 0.29) is 24.9 Å². The van der Waals surface area contributed by atoms with Crippen LogP contribution in [0.5, 0.6) is 0 Å². The zero-order valence-electron chi connectivity index (χ0n) is 13.6. The highest BCUT2D eigenvalue weighted by atomic mass is 19.1. The van der Waals surface area contributed by atoms with Crippen LogP contribution in [-0.2, 0) is 11.2 Å². The smallest absolute Gasteiger partial charge is 0.234 e. The number of H-pyrrole nitrogens is 1. The number of amides is 1. The maximum atomic E-state index is 14.1. The molecule has 1 aromatic heterocycles. The van der Waals surface area contributed by atoms with Crippen molar-refractivity contribution in [2.45, 2.75) is 12.8 Å². The first-order valence-electron chi connectivity index (χ1n) is 7.88. The van der Waals surface area contributed by atoms with Gasteiger partial charge in [-0.1, -0.05) is 0 Å². The topological polar surface area (TPSA) is 68.7 Å². The van der Waals surface area contributed by atoms with Gasteiger partial charge in [0.1, 0.15) is 23.9 Å². The van der Waals surface area contributed by atoms with Crippen molar-refractivity contribution in [3.05, 3.63) is 59.4 Å². The minimum atomic E-state index is -0.733. The molecule has 0 aliphatic heterocycles. The standard InChI is InChI=1S/C19H14F3N3O/c20-12-3-1-11(2-4-12)18-14(6-8-24-17(26)5-7-23)15-9-13(21)10-16(22)19(15)25-18/h1-4,9-10,25H,5-6,8H2,(H,24,26). The molecule has 26 heavy (non-hydrogen) atoms. The number of hydrogen-bond donors (Lipinski definition) is 2. The molecule has 2 N–H and O–H groups in total. The van der Waals surface area contributed by atoms with Crippen LogP contribution in [0.3, 0.4) is 0 Å². The molecule has 0 aliphatic rings. The van der Waals surface area contributed by atoms with Crippen molar-refractivity contribution in [3.8, 4) is 17.3 Å². The van der Waals surface area contributed by atoms with Gasteiger partial charge in [0.05, 0.1) is 11.6 Å². The van der Waals surface area contributed by atoms with Crippen LogP contribution in [0.15, 0.2) is 36.4 Å². The Hall–Kier alpha value is -3.27. The van der Waals surface area contributed by atoms with Gasteiger partial charge in [-0.15, -0.1) is 0 Å². The SMILES string of the molecule is N#CCC(=O)NCCc1c(-c2ccc(F)cc2)[nH]c2c(F)cc(F)cc12. The van der Waals surface area contributed by atoms with Crippen molar-refractivity contribution in [2.75, 3.05) is 6.54 Å². The van der Waals surface area contributed by atoms with E-state index in [4.69, 9.17) is 5.26 Å². The van der Waals surface area contributed by atoms with Crippen LogP contribution in [0.1, 0.15) is 12.0 Å². The molecule has 3 rings (SSSR count). The molecule has 0 bridgehead atoms. The van der Waals surface area contributed by atoms with Gasteiger partial charge in [0, 0.05) is 23.7 Å². The molecule has 3 aromatic rings. The summed E-state index contributed by atoms with van der Waals surface area (Å²) in [7, 11) is 0. The zero-order chi connectivity index (χ0) is 18.7. The summed E-state index contributed by atoms with van der Waals surface area (Å²) in [6.07, 6.45) is 0.0226. The predicted octanol–water partition coefficient (Wildman–Crippen LogP) is 3.82. The fourth-order valence-corrected chi connectivity index (χ4v) is 2.86. The van der Waals surface area contributed by atoms with E-state index in [2.05, 4.69) is 10.3 Å². The maximum Gasteiger partial charge on any atom is 0.234 e. The van der Waals surface area contributed by atoms with Crippen molar-refractivity contribution in [2.24, 2.45) is 0 Å². The quantitative estimate of drug-likeness (QED) is 0.729. The molecule has 1 heterocycles. The van der Waals surface area contributed by atoms with Crippen LogP contribution in [0.2, 0.25) is 0 Å². The van der Waals surface area contributed by atoms with Crippen LogP contribution in [0.4, 0.5) is 13.2 Å². The van der Waals surface area contributed by atoms with Gasteiger partial charge >= 0.3 is 0 Å². The van der Waals surface area contributed by atoms with Crippen molar-refractivity contribution in [1.29, 1.82) is 5.26 Å². The molecule has 7 heteroatoms. The number of halogens is 3. The Labute approximate surface area is 147 Å². The third kappa shape index (κ3) is 3.54. The highest BCUT2D eigenvalue weighted by Gasteiger charge is 2.17. The lowest BCUT2D eigenvalue weighted by molar-refractivity contribution is -0.120. The Morgan fingerprint density at radius 3 is 2.54 bits per heavy atom. The summed E-state index contributed by atoms with van der Waals surface area (Å²) in [6.45, 7) is 0.194. The summed E-state index contributed by atoms with van der Waals surface area (Å²) in [4.78, 5) is 14.4. The van der Waals surface area contributed by atoms with Crippen molar-refractivity contribution in [1.82, 2.24) is 10.3 Å². The number of aromatic nitrogens is 1. The monoisotopic (exact) mass is 357 g/mol. The molecule has 0 saturated carbocycles. The van der Waals surface area contributed by atoms with E-state index in [9.17, 15) is 18.0 Å². The molecular weight excluding hydrogens is 343 g/mol. The number of aromatic amines is 1. The second-order valence-corrected chi connectivity index (χ2v) is 5.73. The first kappa shape index (κ1) is 17.5. The summed E-state index contributed by atoms with van der Waals surface area (Å²) in [5.41, 5.74) is 1.88. The van der Waals surface area contributed by atoms with E-state index < -0.39 is 23.4 Å². The fraction of sp³-hybridized carbons (Fsp3) is 0.158. The van der Waals surface area contributed by atoms with Gasteiger partial charge in [-0.25, -0.2) is 13.2 Å². The molecule has 0 radical (unpaired) electrons. The second-order valence-electron chi connectivity index (χ2n) is 5.73. The van der Waals surface area contributed by atoms with Gasteiger partial charge in [0.15, 0.2) is 0 Å². The Bertz CT molecular complexity index is 1000. The molecule has 132 valence electrons. The molecule has 0 unspecified atom stereocenters. The van der Waals surface area contributed by atoms with Gasteiger partial charge in [-0.05, 0) is 47.9 Å². The summed E-state index contributed by atoms with van der Waals surface area (Å²) < 4.78 is 41.0. The van der Waals surface area contributed by atoms with Crippen LogP contribution < -0.4 is 5.32 Å². The van der Waals surface area contributed by atoms with E-state index in [0.717, 1.165) is 6.07 Å². The molecule has 2 aromatic carbocycles. The van der Waals surface area contributed by atoms with Gasteiger partial charge in [-0.2, -0.15) is 5.26 Å². The molecule has 4 nitrogen and oxygen atoms in total. The Morgan fingerprint density at radius 2 is 1.85 bits per heavy atom. The van der Waals surface area contributed by atoms with Crippen LogP contribution in [-0.4, -0.2) is 17.4 Å². The average molecular weight is 357 g/mol. The van der Waals surface area contributed by atoms with E-state index in [1.54, 1.807) is 6.07 Å². The van der Waals surface area contributed by atoms with E-state index in [0.29, 0.717) is 22.2 Å². The molecule has 0 saturated heterocycles. The largest absolute Gasteiger partial charge is 0.355 e. The number of rotatable bonds is 5. The predicted molar refractivity (Wildman–Crippen MR) is 90.6 cm³/mol. The zero-order valence-corrected chi connectivity index (χ0v) is 13.6. The number of fused-ring (bicyclic) bond motifs is 1. The van der Waals surface area contributed by atoms with E-state index in [1.807, 2.05) is 0 Å².